The quantitative estimate of drug-likeness (QED) is 0.804. The minimum Gasteiger partial charge on any atom is -0.323 e. The van der Waals surface area contributed by atoms with Crippen LogP contribution in [0.2, 0.25) is 0 Å². The second-order valence-corrected chi connectivity index (χ2v) is 6.84. The van der Waals surface area contributed by atoms with E-state index in [9.17, 15) is 8.78 Å². The number of fused-ring (bicyclic) bond motifs is 1. The standard InChI is InChI=1S/C19H16F2N2S/c20-15-6-2-13(3-7-15)12-17-18(14-4-8-16(21)9-5-14)24-19-22-10-1-11-23(17)19/h2-9H,1,10-12H2. The predicted octanol–water partition coefficient (Wildman–Crippen LogP) is 4.68. The van der Waals surface area contributed by atoms with Gasteiger partial charge in [0.1, 0.15) is 11.6 Å². The molecule has 0 amide bonds. The van der Waals surface area contributed by atoms with Crippen molar-refractivity contribution in [2.45, 2.75) is 12.8 Å². The summed E-state index contributed by atoms with van der Waals surface area (Å²) >= 11 is 1.64. The van der Waals surface area contributed by atoms with Crippen LogP contribution in [0, 0.1) is 11.6 Å². The summed E-state index contributed by atoms with van der Waals surface area (Å²) in [4.78, 5) is 7.98. The molecule has 122 valence electrons. The fourth-order valence-electron chi connectivity index (χ4n) is 2.99. The number of benzene rings is 2. The van der Waals surface area contributed by atoms with Crippen LogP contribution in [-0.4, -0.2) is 23.2 Å². The summed E-state index contributed by atoms with van der Waals surface area (Å²) in [5.74, 6) is -0.468. The molecule has 2 aromatic rings. The van der Waals surface area contributed by atoms with Crippen LogP contribution in [0.3, 0.4) is 0 Å². The summed E-state index contributed by atoms with van der Waals surface area (Å²) in [5.41, 5.74) is 3.21. The second kappa shape index (κ2) is 6.40. The van der Waals surface area contributed by atoms with E-state index in [-0.39, 0.29) is 11.6 Å². The Balaban J connectivity index is 1.74. The Morgan fingerprint density at radius 3 is 2.33 bits per heavy atom. The Labute approximate surface area is 143 Å². The molecule has 0 aliphatic carbocycles. The highest BCUT2D eigenvalue weighted by Crippen LogP contribution is 2.43. The van der Waals surface area contributed by atoms with Gasteiger partial charge in [-0.2, -0.15) is 0 Å². The molecule has 4 rings (SSSR count). The van der Waals surface area contributed by atoms with Crippen LogP contribution in [0.4, 0.5) is 8.78 Å². The molecule has 2 aliphatic heterocycles. The van der Waals surface area contributed by atoms with Crippen LogP contribution in [0.25, 0.3) is 4.91 Å². The molecule has 2 aliphatic rings. The van der Waals surface area contributed by atoms with Gasteiger partial charge in [0.15, 0.2) is 5.17 Å². The van der Waals surface area contributed by atoms with Gasteiger partial charge in [-0.25, -0.2) is 8.78 Å². The summed E-state index contributed by atoms with van der Waals surface area (Å²) in [6.45, 7) is 1.78. The summed E-state index contributed by atoms with van der Waals surface area (Å²) in [6, 6.07) is 13.2. The van der Waals surface area contributed by atoms with Gasteiger partial charge in [0.2, 0.25) is 0 Å². The van der Waals surface area contributed by atoms with Gasteiger partial charge < -0.3 is 4.90 Å². The summed E-state index contributed by atoms with van der Waals surface area (Å²) in [6.07, 6.45) is 1.73. The van der Waals surface area contributed by atoms with Gasteiger partial charge >= 0.3 is 0 Å². The second-order valence-electron chi connectivity index (χ2n) is 5.86. The molecule has 0 radical (unpaired) electrons. The number of halogens is 2. The maximum atomic E-state index is 13.3. The van der Waals surface area contributed by atoms with Gasteiger partial charge in [0, 0.05) is 30.1 Å². The number of rotatable bonds is 3. The van der Waals surface area contributed by atoms with Gasteiger partial charge in [-0.1, -0.05) is 24.3 Å². The zero-order valence-electron chi connectivity index (χ0n) is 13.0. The predicted molar refractivity (Wildman–Crippen MR) is 94.6 cm³/mol. The molecule has 0 atom stereocenters. The van der Waals surface area contributed by atoms with Gasteiger partial charge in [0.25, 0.3) is 0 Å². The van der Waals surface area contributed by atoms with Gasteiger partial charge in [-0.15, -0.1) is 0 Å². The van der Waals surface area contributed by atoms with E-state index in [0.29, 0.717) is 6.42 Å². The highest BCUT2D eigenvalue weighted by atomic mass is 32.2. The van der Waals surface area contributed by atoms with Crippen LogP contribution in [0.5, 0.6) is 0 Å². The topological polar surface area (TPSA) is 15.6 Å². The van der Waals surface area contributed by atoms with Crippen LogP contribution in [0.15, 0.2) is 59.2 Å². The van der Waals surface area contributed by atoms with Gasteiger partial charge in [0.05, 0.1) is 0 Å². The Morgan fingerprint density at radius 1 is 0.958 bits per heavy atom. The maximum absolute atomic E-state index is 13.3. The molecular formula is C19H16F2N2S. The monoisotopic (exact) mass is 342 g/mol. The molecular weight excluding hydrogens is 326 g/mol. The number of allylic oxidation sites excluding steroid dienone is 1. The maximum Gasteiger partial charge on any atom is 0.168 e. The van der Waals surface area contributed by atoms with Gasteiger partial charge in [-0.05, 0) is 53.6 Å². The highest BCUT2D eigenvalue weighted by molar-refractivity contribution is 8.22. The largest absolute Gasteiger partial charge is 0.323 e. The van der Waals surface area contributed by atoms with Crippen molar-refractivity contribution in [2.75, 3.05) is 13.1 Å². The number of aliphatic imine (C=N–C) groups is 1. The van der Waals surface area contributed by atoms with E-state index in [0.717, 1.165) is 46.4 Å². The smallest absolute Gasteiger partial charge is 0.168 e. The fourth-order valence-corrected chi connectivity index (χ4v) is 4.20. The molecule has 0 spiro atoms. The van der Waals surface area contributed by atoms with Crippen molar-refractivity contribution in [3.8, 4) is 0 Å². The molecule has 0 bridgehead atoms. The van der Waals surface area contributed by atoms with Crippen molar-refractivity contribution in [1.82, 2.24) is 4.90 Å². The highest BCUT2D eigenvalue weighted by Gasteiger charge is 2.31. The number of hydrogen-bond donors (Lipinski definition) is 0. The molecule has 2 heterocycles. The first-order valence-corrected chi connectivity index (χ1v) is 8.76. The third-order valence-corrected chi connectivity index (χ3v) is 5.40. The summed E-state index contributed by atoms with van der Waals surface area (Å²) in [7, 11) is 0. The molecule has 2 nitrogen and oxygen atoms in total. The third-order valence-electron chi connectivity index (χ3n) is 4.19. The van der Waals surface area contributed by atoms with Crippen molar-refractivity contribution in [2.24, 2.45) is 4.99 Å². The molecule has 0 aromatic heterocycles. The van der Waals surface area contributed by atoms with Crippen molar-refractivity contribution in [1.29, 1.82) is 0 Å². The Hall–Kier alpha value is -2.14. The molecule has 0 saturated carbocycles. The van der Waals surface area contributed by atoms with E-state index in [4.69, 9.17) is 0 Å². The molecule has 2 aromatic carbocycles. The van der Waals surface area contributed by atoms with Crippen molar-refractivity contribution in [3.63, 3.8) is 0 Å². The number of thioether (sulfide) groups is 1. The lowest BCUT2D eigenvalue weighted by Gasteiger charge is -2.25. The Bertz CT molecular complexity index is 810. The van der Waals surface area contributed by atoms with E-state index < -0.39 is 0 Å². The summed E-state index contributed by atoms with van der Waals surface area (Å²) < 4.78 is 26.4. The van der Waals surface area contributed by atoms with Gasteiger partial charge in [-0.3, -0.25) is 4.99 Å². The fraction of sp³-hybridized carbons (Fsp3) is 0.211. The molecule has 24 heavy (non-hydrogen) atoms. The Morgan fingerprint density at radius 2 is 1.62 bits per heavy atom. The first kappa shape index (κ1) is 15.4. The molecule has 0 unspecified atom stereocenters. The minimum absolute atomic E-state index is 0.229. The van der Waals surface area contributed by atoms with E-state index in [2.05, 4.69) is 9.89 Å². The van der Waals surface area contributed by atoms with E-state index in [1.165, 1.54) is 24.3 Å². The van der Waals surface area contributed by atoms with Crippen LogP contribution in [0.1, 0.15) is 17.5 Å². The van der Waals surface area contributed by atoms with E-state index >= 15 is 0 Å². The van der Waals surface area contributed by atoms with E-state index in [1.807, 2.05) is 12.1 Å². The minimum atomic E-state index is -0.238. The SMILES string of the molecule is Fc1ccc(CC2=C(c3ccc(F)cc3)SC3=NCCCN32)cc1. The average molecular weight is 342 g/mol. The number of amidine groups is 1. The van der Waals surface area contributed by atoms with E-state index in [1.54, 1.807) is 23.9 Å². The lowest BCUT2D eigenvalue weighted by Crippen LogP contribution is -2.30. The van der Waals surface area contributed by atoms with Crippen molar-refractivity contribution < 1.29 is 8.78 Å². The first-order chi connectivity index (χ1) is 11.7. The summed E-state index contributed by atoms with van der Waals surface area (Å²) in [5, 5.41) is 1.01. The normalized spacial score (nSPS) is 17.1. The average Bonchev–Trinajstić information content (AvgIpc) is 2.96. The van der Waals surface area contributed by atoms with Crippen molar-refractivity contribution >= 4 is 21.8 Å². The lowest BCUT2D eigenvalue weighted by molar-refractivity contribution is 0.479. The number of nitrogens with zero attached hydrogens (tertiary/aromatic N) is 2. The third kappa shape index (κ3) is 2.96. The zero-order chi connectivity index (χ0) is 16.5. The molecule has 5 heteroatoms. The molecule has 0 fully saturated rings. The molecule has 0 N–H and O–H groups in total. The molecule has 0 saturated heterocycles. The van der Waals surface area contributed by atoms with Crippen LogP contribution >= 0.6 is 11.8 Å². The van der Waals surface area contributed by atoms with Crippen molar-refractivity contribution in [3.05, 3.63) is 77.0 Å². The number of hydrogen-bond acceptors (Lipinski definition) is 3. The Kier molecular flexibility index (Phi) is 4.10. The lowest BCUT2D eigenvalue weighted by atomic mass is 10.1. The van der Waals surface area contributed by atoms with Crippen LogP contribution in [-0.2, 0) is 6.42 Å². The zero-order valence-corrected chi connectivity index (χ0v) is 13.8. The first-order valence-electron chi connectivity index (χ1n) is 7.94. The van der Waals surface area contributed by atoms with Crippen LogP contribution < -0.4 is 0 Å².